The van der Waals surface area contributed by atoms with Gasteiger partial charge in [0.1, 0.15) is 0 Å². The first kappa shape index (κ1) is 14.4. The largest absolute Gasteiger partial charge is 0.318 e. The lowest BCUT2D eigenvalue weighted by atomic mass is 10.1. The van der Waals surface area contributed by atoms with Crippen LogP contribution in [0.3, 0.4) is 0 Å². The molecule has 0 spiro atoms. The van der Waals surface area contributed by atoms with E-state index in [0.717, 1.165) is 42.1 Å². The van der Waals surface area contributed by atoms with E-state index < -0.39 is 0 Å². The zero-order chi connectivity index (χ0) is 13.8. The van der Waals surface area contributed by atoms with Crippen LogP contribution in [0.15, 0.2) is 6.20 Å². The lowest BCUT2D eigenvalue weighted by Crippen LogP contribution is -2.18. The van der Waals surface area contributed by atoms with Crippen molar-refractivity contribution in [3.8, 4) is 0 Å². The topological polar surface area (TPSA) is 69.6 Å². The molecule has 0 aliphatic heterocycles. The van der Waals surface area contributed by atoms with Gasteiger partial charge < -0.3 is 5.73 Å². The Morgan fingerprint density at radius 3 is 2.89 bits per heavy atom. The van der Waals surface area contributed by atoms with Gasteiger partial charge in [0.2, 0.25) is 0 Å². The van der Waals surface area contributed by atoms with Crippen LogP contribution in [0.1, 0.15) is 49.0 Å². The average Bonchev–Trinajstić information content (AvgIpc) is 2.97. The van der Waals surface area contributed by atoms with Gasteiger partial charge in [-0.3, -0.25) is 4.68 Å². The second-order valence-corrected chi connectivity index (χ2v) is 5.61. The number of rotatable bonds is 6. The number of aryl methyl sites for hydroxylation is 2. The Hall–Kier alpha value is -0.980. The maximum Gasteiger partial charge on any atom is 0.0867 e. The lowest BCUT2D eigenvalue weighted by molar-refractivity contribution is 0.560. The number of nitrogens with zero attached hydrogens (tertiary/aromatic N) is 4. The monoisotopic (exact) mass is 299 g/mol. The second kappa shape index (κ2) is 6.45. The Morgan fingerprint density at radius 2 is 2.21 bits per heavy atom. The normalized spacial score (nSPS) is 12.8. The highest BCUT2D eigenvalue weighted by atomic mass is 35.5. The van der Waals surface area contributed by atoms with E-state index in [4.69, 9.17) is 17.3 Å². The maximum atomic E-state index is 6.35. The van der Waals surface area contributed by atoms with Gasteiger partial charge in [-0.05, 0) is 24.4 Å². The molecule has 2 N–H and O–H groups in total. The summed E-state index contributed by atoms with van der Waals surface area (Å²) in [6.45, 7) is 5.02. The Morgan fingerprint density at radius 1 is 1.42 bits per heavy atom. The molecule has 0 aliphatic carbocycles. The molecular formula is C12H18ClN5S. The van der Waals surface area contributed by atoms with Gasteiger partial charge in [0.05, 0.1) is 33.5 Å². The average molecular weight is 300 g/mol. The molecule has 7 heteroatoms. The maximum absolute atomic E-state index is 6.35. The molecule has 19 heavy (non-hydrogen) atoms. The Bertz CT molecular complexity index is 536. The van der Waals surface area contributed by atoms with Gasteiger partial charge in [-0.1, -0.05) is 36.4 Å². The summed E-state index contributed by atoms with van der Waals surface area (Å²) in [5.41, 5.74) is 8.18. The minimum atomic E-state index is -0.303. The predicted octanol–water partition coefficient (Wildman–Crippen LogP) is 2.80. The molecule has 104 valence electrons. The molecule has 2 rings (SSSR count). The van der Waals surface area contributed by atoms with E-state index in [1.807, 2.05) is 4.68 Å². The summed E-state index contributed by atoms with van der Waals surface area (Å²) in [7, 11) is 0. The minimum absolute atomic E-state index is 0.303. The first-order chi connectivity index (χ1) is 9.19. The lowest BCUT2D eigenvalue weighted by Gasteiger charge is -2.14. The first-order valence-electron chi connectivity index (χ1n) is 6.46. The van der Waals surface area contributed by atoms with E-state index in [2.05, 4.69) is 28.5 Å². The van der Waals surface area contributed by atoms with Crippen molar-refractivity contribution in [2.24, 2.45) is 5.73 Å². The summed E-state index contributed by atoms with van der Waals surface area (Å²) in [6, 6.07) is -0.303. The molecular weight excluding hydrogens is 282 g/mol. The summed E-state index contributed by atoms with van der Waals surface area (Å²) >= 11 is 7.57. The highest BCUT2D eigenvalue weighted by Gasteiger charge is 2.23. The van der Waals surface area contributed by atoms with Gasteiger partial charge in [-0.2, -0.15) is 5.10 Å². The van der Waals surface area contributed by atoms with Gasteiger partial charge in [-0.25, -0.2) is 0 Å². The van der Waals surface area contributed by atoms with Crippen molar-refractivity contribution in [3.05, 3.63) is 27.5 Å². The van der Waals surface area contributed by atoms with Gasteiger partial charge in [0.15, 0.2) is 0 Å². The molecule has 0 amide bonds. The van der Waals surface area contributed by atoms with Crippen LogP contribution in [0.2, 0.25) is 5.02 Å². The molecule has 2 aromatic rings. The summed E-state index contributed by atoms with van der Waals surface area (Å²) in [5.74, 6) is 0. The van der Waals surface area contributed by atoms with E-state index in [9.17, 15) is 0 Å². The van der Waals surface area contributed by atoms with Crippen molar-refractivity contribution >= 4 is 23.1 Å². The molecule has 0 aliphatic rings. The molecule has 0 saturated heterocycles. The standard InChI is InChI=1S/C12H18ClN5S/c1-3-5-9-12(19-17-16-9)10(14)11-8(13)7-15-18(11)6-4-2/h7,10H,3-6,14H2,1-2H3. The number of hydrogen-bond acceptors (Lipinski definition) is 5. The van der Waals surface area contributed by atoms with Crippen LogP contribution in [0.25, 0.3) is 0 Å². The molecule has 0 radical (unpaired) electrons. The summed E-state index contributed by atoms with van der Waals surface area (Å²) in [4.78, 5) is 0.988. The van der Waals surface area contributed by atoms with Crippen molar-refractivity contribution in [2.45, 2.75) is 45.7 Å². The van der Waals surface area contributed by atoms with E-state index in [0.29, 0.717) is 5.02 Å². The van der Waals surface area contributed by atoms with Crippen LogP contribution < -0.4 is 5.73 Å². The van der Waals surface area contributed by atoms with Crippen molar-refractivity contribution in [3.63, 3.8) is 0 Å². The zero-order valence-corrected chi connectivity index (χ0v) is 12.7. The van der Waals surface area contributed by atoms with Crippen molar-refractivity contribution < 1.29 is 0 Å². The Labute approximate surface area is 121 Å². The third-order valence-corrected chi connectivity index (χ3v) is 4.06. The molecule has 1 atom stereocenters. The van der Waals surface area contributed by atoms with E-state index in [-0.39, 0.29) is 6.04 Å². The fourth-order valence-electron chi connectivity index (χ4n) is 2.06. The molecule has 5 nitrogen and oxygen atoms in total. The third-order valence-electron chi connectivity index (χ3n) is 2.92. The first-order valence-corrected chi connectivity index (χ1v) is 7.62. The van der Waals surface area contributed by atoms with E-state index >= 15 is 0 Å². The fourth-order valence-corrected chi connectivity index (χ4v) is 3.02. The van der Waals surface area contributed by atoms with Crippen LogP contribution in [0, 0.1) is 0 Å². The highest BCUT2D eigenvalue weighted by Crippen LogP contribution is 2.30. The Balaban J connectivity index is 2.35. The number of halogens is 1. The molecule has 0 aromatic carbocycles. The van der Waals surface area contributed by atoms with Crippen molar-refractivity contribution in [1.82, 2.24) is 19.4 Å². The summed E-state index contributed by atoms with van der Waals surface area (Å²) in [6.07, 6.45) is 4.55. The minimum Gasteiger partial charge on any atom is -0.318 e. The number of aromatic nitrogens is 4. The molecule has 0 fully saturated rings. The predicted molar refractivity (Wildman–Crippen MR) is 77.5 cm³/mol. The van der Waals surface area contributed by atoms with Gasteiger partial charge in [0.25, 0.3) is 0 Å². The molecule has 0 saturated carbocycles. The second-order valence-electron chi connectivity index (χ2n) is 4.41. The highest BCUT2D eigenvalue weighted by molar-refractivity contribution is 7.05. The molecule has 2 aromatic heterocycles. The smallest absolute Gasteiger partial charge is 0.0867 e. The summed E-state index contributed by atoms with van der Waals surface area (Å²) in [5, 5.41) is 9.05. The van der Waals surface area contributed by atoms with Crippen LogP contribution in [-0.2, 0) is 13.0 Å². The third kappa shape index (κ3) is 2.96. The van der Waals surface area contributed by atoms with Gasteiger partial charge in [-0.15, -0.1) is 5.10 Å². The molecule has 2 heterocycles. The molecule has 1 unspecified atom stereocenters. The van der Waals surface area contributed by atoms with Gasteiger partial charge >= 0.3 is 0 Å². The van der Waals surface area contributed by atoms with Crippen molar-refractivity contribution in [1.29, 1.82) is 0 Å². The fraction of sp³-hybridized carbons (Fsp3) is 0.583. The van der Waals surface area contributed by atoms with Gasteiger partial charge in [0, 0.05) is 6.54 Å². The van der Waals surface area contributed by atoms with Crippen LogP contribution >= 0.6 is 23.1 Å². The van der Waals surface area contributed by atoms with Crippen LogP contribution in [0.4, 0.5) is 0 Å². The summed E-state index contributed by atoms with van der Waals surface area (Å²) < 4.78 is 5.89. The van der Waals surface area contributed by atoms with Crippen LogP contribution in [0.5, 0.6) is 0 Å². The zero-order valence-electron chi connectivity index (χ0n) is 11.1. The molecule has 0 bridgehead atoms. The van der Waals surface area contributed by atoms with E-state index in [1.165, 1.54) is 11.5 Å². The SMILES string of the molecule is CCCc1nnsc1C(N)c1c(Cl)cnn1CCC. The van der Waals surface area contributed by atoms with E-state index in [1.54, 1.807) is 6.20 Å². The Kier molecular flexibility index (Phi) is 4.90. The number of hydrogen-bond donors (Lipinski definition) is 1. The van der Waals surface area contributed by atoms with Crippen molar-refractivity contribution in [2.75, 3.05) is 0 Å². The number of nitrogens with two attached hydrogens (primary N) is 1. The quantitative estimate of drug-likeness (QED) is 0.890. The van der Waals surface area contributed by atoms with Crippen LogP contribution in [-0.4, -0.2) is 19.4 Å².